The number of nitrogens with one attached hydrogen (secondary N) is 1. The number of benzene rings is 1. The van der Waals surface area contributed by atoms with E-state index >= 15 is 0 Å². The number of carbonyl (C=O) groups is 2. The molecule has 0 bridgehead atoms. The molecule has 2 heterocycles. The van der Waals surface area contributed by atoms with Crippen molar-refractivity contribution in [1.29, 1.82) is 0 Å². The number of para-hydroxylation sites is 1. The Bertz CT molecular complexity index is 913. The third kappa shape index (κ3) is 3.46. The van der Waals surface area contributed by atoms with Crippen molar-refractivity contribution in [2.24, 2.45) is 0 Å². The number of carbonyl (C=O) groups excluding carboxylic acids is 2. The van der Waals surface area contributed by atoms with Crippen LogP contribution in [0.5, 0.6) is 0 Å². The van der Waals surface area contributed by atoms with Crippen molar-refractivity contribution in [1.82, 2.24) is 4.98 Å². The van der Waals surface area contributed by atoms with Gasteiger partial charge in [-0.2, -0.15) is 13.2 Å². The van der Waals surface area contributed by atoms with E-state index in [0.717, 1.165) is 12.3 Å². The molecule has 26 heavy (non-hydrogen) atoms. The van der Waals surface area contributed by atoms with Crippen LogP contribution in [0.25, 0.3) is 10.9 Å². The number of rotatable bonds is 2. The number of anilines is 1. The average molecular weight is 366 g/mol. The van der Waals surface area contributed by atoms with Gasteiger partial charge in [0.1, 0.15) is 5.82 Å². The van der Waals surface area contributed by atoms with Gasteiger partial charge in [0.15, 0.2) is 5.57 Å². The number of hydrogen-bond acceptors (Lipinski definition) is 6. The number of ether oxygens (including phenoxy) is 2. The molecular formula is C17H13F3N2O4. The van der Waals surface area contributed by atoms with Crippen LogP contribution in [-0.2, 0) is 25.2 Å². The molecule has 2 aromatic rings. The lowest BCUT2D eigenvalue weighted by molar-refractivity contribution is -0.222. The minimum Gasteiger partial charge on any atom is -0.419 e. The smallest absolute Gasteiger partial charge is 0.417 e. The van der Waals surface area contributed by atoms with E-state index in [1.165, 1.54) is 32.0 Å². The van der Waals surface area contributed by atoms with Crippen molar-refractivity contribution in [3.8, 4) is 0 Å². The Morgan fingerprint density at radius 2 is 1.73 bits per heavy atom. The predicted octanol–water partition coefficient (Wildman–Crippen LogP) is 3.39. The lowest BCUT2D eigenvalue weighted by Gasteiger charge is -2.29. The molecule has 9 heteroatoms. The minimum absolute atomic E-state index is 0.0589. The Morgan fingerprint density at radius 3 is 2.35 bits per heavy atom. The second-order valence-electron chi connectivity index (χ2n) is 5.95. The van der Waals surface area contributed by atoms with Gasteiger partial charge in [-0.05, 0) is 12.1 Å². The standard InChI is InChI=1S/C17H13F3N2O4/c1-16(2)25-14(23)10(15(24)26-16)8-21-13-7-11(17(18,19)20)9-5-3-4-6-12(9)22-13/h3-8H,1-2H3,(H,21,22). The lowest BCUT2D eigenvalue weighted by Crippen LogP contribution is -2.42. The topological polar surface area (TPSA) is 77.5 Å². The van der Waals surface area contributed by atoms with Crippen LogP contribution in [0.3, 0.4) is 0 Å². The van der Waals surface area contributed by atoms with E-state index in [2.05, 4.69) is 10.3 Å². The highest BCUT2D eigenvalue weighted by Gasteiger charge is 2.39. The maximum Gasteiger partial charge on any atom is 0.417 e. The minimum atomic E-state index is -4.60. The van der Waals surface area contributed by atoms with Crippen molar-refractivity contribution >= 4 is 28.7 Å². The van der Waals surface area contributed by atoms with Crippen molar-refractivity contribution in [3.05, 3.63) is 47.7 Å². The number of alkyl halides is 3. The van der Waals surface area contributed by atoms with Crippen molar-refractivity contribution in [2.75, 3.05) is 5.32 Å². The molecule has 1 aliphatic heterocycles. The fraction of sp³-hybridized carbons (Fsp3) is 0.235. The van der Waals surface area contributed by atoms with E-state index < -0.39 is 35.0 Å². The fourth-order valence-electron chi connectivity index (χ4n) is 2.41. The number of fused-ring (bicyclic) bond motifs is 1. The van der Waals surface area contributed by atoms with Gasteiger partial charge in [0.2, 0.25) is 0 Å². The first kappa shape index (κ1) is 17.7. The molecule has 0 radical (unpaired) electrons. The first-order chi connectivity index (χ1) is 12.1. The zero-order valence-electron chi connectivity index (χ0n) is 13.7. The molecule has 0 amide bonds. The second-order valence-corrected chi connectivity index (χ2v) is 5.95. The molecule has 136 valence electrons. The zero-order valence-corrected chi connectivity index (χ0v) is 13.7. The van der Waals surface area contributed by atoms with Crippen LogP contribution in [0.15, 0.2) is 42.1 Å². The Morgan fingerprint density at radius 1 is 1.12 bits per heavy atom. The normalized spacial score (nSPS) is 16.9. The molecule has 1 N–H and O–H groups in total. The van der Waals surface area contributed by atoms with Crippen LogP contribution < -0.4 is 5.32 Å². The molecule has 1 aromatic heterocycles. The van der Waals surface area contributed by atoms with Gasteiger partial charge in [-0.3, -0.25) is 0 Å². The summed E-state index contributed by atoms with van der Waals surface area (Å²) in [6.07, 6.45) is -3.68. The van der Waals surface area contributed by atoms with Gasteiger partial charge >= 0.3 is 18.1 Å². The summed E-state index contributed by atoms with van der Waals surface area (Å²) in [5, 5.41) is 2.37. The number of esters is 2. The summed E-state index contributed by atoms with van der Waals surface area (Å²) in [5.41, 5.74) is -1.26. The molecule has 1 saturated heterocycles. The first-order valence-corrected chi connectivity index (χ1v) is 7.47. The lowest BCUT2D eigenvalue weighted by atomic mass is 10.1. The molecule has 0 aliphatic carbocycles. The summed E-state index contributed by atoms with van der Waals surface area (Å²) in [6.45, 7) is 2.76. The Labute approximate surface area is 145 Å². The van der Waals surface area contributed by atoms with Crippen LogP contribution in [0, 0.1) is 0 Å². The van der Waals surface area contributed by atoms with Crippen LogP contribution in [0.1, 0.15) is 19.4 Å². The number of nitrogens with zero attached hydrogens (tertiary/aromatic N) is 1. The van der Waals surface area contributed by atoms with Gasteiger partial charge < -0.3 is 14.8 Å². The van der Waals surface area contributed by atoms with E-state index in [-0.39, 0.29) is 16.7 Å². The first-order valence-electron chi connectivity index (χ1n) is 7.47. The SMILES string of the molecule is CC1(C)OC(=O)C(=CNc2cc(C(F)(F)F)c3ccccc3n2)C(=O)O1. The van der Waals surface area contributed by atoms with Crippen LogP contribution in [-0.4, -0.2) is 22.7 Å². The molecular weight excluding hydrogens is 353 g/mol. The van der Waals surface area contributed by atoms with Gasteiger partial charge in [-0.1, -0.05) is 18.2 Å². The molecule has 1 aliphatic rings. The predicted molar refractivity (Wildman–Crippen MR) is 84.7 cm³/mol. The van der Waals surface area contributed by atoms with Gasteiger partial charge in [0.25, 0.3) is 5.79 Å². The summed E-state index contributed by atoms with van der Waals surface area (Å²) >= 11 is 0. The van der Waals surface area contributed by atoms with E-state index in [0.29, 0.717) is 0 Å². The summed E-state index contributed by atoms with van der Waals surface area (Å²) in [4.78, 5) is 27.7. The van der Waals surface area contributed by atoms with Gasteiger partial charge in [-0.15, -0.1) is 0 Å². The average Bonchev–Trinajstić information content (AvgIpc) is 2.51. The van der Waals surface area contributed by atoms with Crippen LogP contribution in [0.2, 0.25) is 0 Å². The zero-order chi connectivity index (χ0) is 19.1. The summed E-state index contributed by atoms with van der Waals surface area (Å²) in [6, 6.07) is 6.56. The maximum atomic E-state index is 13.3. The maximum absolute atomic E-state index is 13.3. The van der Waals surface area contributed by atoms with Gasteiger partial charge in [0.05, 0.1) is 11.1 Å². The summed E-state index contributed by atoms with van der Waals surface area (Å²) in [7, 11) is 0. The van der Waals surface area contributed by atoms with Crippen LogP contribution >= 0.6 is 0 Å². The Hall–Kier alpha value is -3.10. The molecule has 0 saturated carbocycles. The monoisotopic (exact) mass is 366 g/mol. The van der Waals surface area contributed by atoms with E-state index in [1.807, 2.05) is 0 Å². The molecule has 0 atom stereocenters. The number of halogens is 3. The van der Waals surface area contributed by atoms with E-state index in [4.69, 9.17) is 9.47 Å². The molecule has 0 spiro atoms. The highest BCUT2D eigenvalue weighted by atomic mass is 19.4. The van der Waals surface area contributed by atoms with E-state index in [1.54, 1.807) is 6.07 Å². The van der Waals surface area contributed by atoms with E-state index in [9.17, 15) is 22.8 Å². The van der Waals surface area contributed by atoms with Crippen molar-refractivity contribution in [2.45, 2.75) is 25.8 Å². The number of cyclic esters (lactones) is 2. The Kier molecular flexibility index (Phi) is 4.09. The van der Waals surface area contributed by atoms with Gasteiger partial charge in [0, 0.05) is 25.4 Å². The number of aromatic nitrogens is 1. The number of pyridine rings is 1. The highest BCUT2D eigenvalue weighted by Crippen LogP contribution is 2.35. The molecule has 1 aromatic carbocycles. The number of hydrogen-bond donors (Lipinski definition) is 1. The summed E-state index contributed by atoms with van der Waals surface area (Å²) < 4.78 is 49.7. The Balaban J connectivity index is 1.97. The summed E-state index contributed by atoms with van der Waals surface area (Å²) in [5.74, 6) is -3.49. The van der Waals surface area contributed by atoms with Crippen LogP contribution in [0.4, 0.5) is 19.0 Å². The third-order valence-electron chi connectivity index (χ3n) is 3.50. The van der Waals surface area contributed by atoms with Gasteiger partial charge in [-0.25, -0.2) is 14.6 Å². The fourth-order valence-corrected chi connectivity index (χ4v) is 2.41. The molecule has 3 rings (SSSR count). The largest absolute Gasteiger partial charge is 0.419 e. The third-order valence-corrected chi connectivity index (χ3v) is 3.50. The second kappa shape index (κ2) is 6.01. The molecule has 0 unspecified atom stereocenters. The molecule has 1 fully saturated rings. The highest BCUT2D eigenvalue weighted by molar-refractivity contribution is 6.15. The quantitative estimate of drug-likeness (QED) is 0.499. The van der Waals surface area contributed by atoms with Crippen molar-refractivity contribution < 1.29 is 32.2 Å². The van der Waals surface area contributed by atoms with Crippen molar-refractivity contribution in [3.63, 3.8) is 0 Å². The molecule has 6 nitrogen and oxygen atoms in total.